The Kier molecular flexibility index (Phi) is 7.65. The first-order valence-corrected chi connectivity index (χ1v) is 13.7. The Bertz CT molecular complexity index is 559. The van der Waals surface area contributed by atoms with Crippen LogP contribution in [0.25, 0.3) is 0 Å². The summed E-state index contributed by atoms with van der Waals surface area (Å²) in [6.45, 7) is 11.0. The van der Waals surface area contributed by atoms with Gasteiger partial charge in [0.25, 0.3) is 0 Å². The molecule has 0 aromatic heterocycles. The average molecular weight is 478 g/mol. The van der Waals surface area contributed by atoms with Crippen LogP contribution in [0.2, 0.25) is 0 Å². The molecule has 0 spiro atoms. The number of ether oxygens (including phenoxy) is 2. The number of halogens is 1. The summed E-state index contributed by atoms with van der Waals surface area (Å²) >= 11 is 2.61. The zero-order valence-electron chi connectivity index (χ0n) is 15.8. The lowest BCUT2D eigenvalue weighted by atomic mass is 9.87. The predicted molar refractivity (Wildman–Crippen MR) is 117 cm³/mol. The maximum Gasteiger partial charge on any atom is 0.175 e. The van der Waals surface area contributed by atoms with E-state index in [0.717, 1.165) is 55.5 Å². The minimum absolute atomic E-state index is 0.0522. The molecule has 1 heterocycles. The van der Waals surface area contributed by atoms with Gasteiger partial charge in [0.05, 0.1) is 25.1 Å². The molecule has 1 aliphatic heterocycles. The third-order valence-electron chi connectivity index (χ3n) is 4.49. The van der Waals surface area contributed by atoms with Gasteiger partial charge in [-0.1, -0.05) is 34.1 Å². The summed E-state index contributed by atoms with van der Waals surface area (Å²) in [5, 5.41) is 0.0522. The minimum atomic E-state index is -1.05. The summed E-state index contributed by atoms with van der Waals surface area (Å²) in [6, 6.07) is 7.73. The first-order chi connectivity index (χ1) is 11.8. The zero-order valence-corrected chi connectivity index (χ0v) is 18.8. The number of ketones is 1. The normalized spacial score (nSPS) is 19.9. The highest BCUT2D eigenvalue weighted by atomic mass is 127. The first-order valence-electron chi connectivity index (χ1n) is 9.10. The molecule has 1 aromatic rings. The Morgan fingerprint density at radius 1 is 1.24 bits per heavy atom. The van der Waals surface area contributed by atoms with Crippen molar-refractivity contribution in [2.24, 2.45) is 5.41 Å². The zero-order chi connectivity index (χ0) is 18.5. The summed E-state index contributed by atoms with van der Waals surface area (Å²) in [5.74, 6) is 3.15. The van der Waals surface area contributed by atoms with Gasteiger partial charge in [-0.05, 0) is 57.3 Å². The molecule has 0 N–H and O–H groups in total. The second-order valence-electron chi connectivity index (χ2n) is 7.70. The number of unbranched alkanes of at least 4 members (excludes halogenated alkanes) is 1. The summed E-state index contributed by atoms with van der Waals surface area (Å²) < 4.78 is 11.3. The van der Waals surface area contributed by atoms with Crippen molar-refractivity contribution in [1.29, 1.82) is 0 Å². The minimum Gasteiger partial charge on any atom is -0.494 e. The van der Waals surface area contributed by atoms with E-state index in [2.05, 4.69) is 48.9 Å². The average Bonchev–Trinajstić information content (AvgIpc) is 2.55. The molecule has 0 aliphatic carbocycles. The fraction of sp³-hybridized carbons (Fsp3) is 0.650. The van der Waals surface area contributed by atoms with E-state index in [1.165, 1.54) is 0 Å². The molecule has 1 saturated heterocycles. The molecule has 1 aliphatic rings. The van der Waals surface area contributed by atoms with E-state index in [-0.39, 0.29) is 16.4 Å². The van der Waals surface area contributed by atoms with E-state index >= 15 is 0 Å². The van der Waals surface area contributed by atoms with Crippen LogP contribution in [0.5, 0.6) is 5.75 Å². The number of benzene rings is 1. The van der Waals surface area contributed by atoms with Crippen molar-refractivity contribution in [2.75, 3.05) is 31.3 Å². The van der Waals surface area contributed by atoms with Crippen molar-refractivity contribution < 1.29 is 14.3 Å². The lowest BCUT2D eigenvalue weighted by molar-refractivity contribution is 0.0946. The smallest absolute Gasteiger partial charge is 0.175 e. The number of Topliss-reactive ketones (excluding diaryl/α,β-unsaturated/α-hetero) is 1. The topological polar surface area (TPSA) is 35.5 Å². The molecule has 25 heavy (non-hydrogen) atoms. The molecule has 5 heteroatoms. The molecule has 1 unspecified atom stereocenters. The Morgan fingerprint density at radius 3 is 2.36 bits per heavy atom. The second kappa shape index (κ2) is 9.09. The molecule has 1 fully saturated rings. The Labute approximate surface area is 166 Å². The van der Waals surface area contributed by atoms with Gasteiger partial charge in [-0.15, -0.1) is 0 Å². The molecule has 0 bridgehead atoms. The van der Waals surface area contributed by atoms with Gasteiger partial charge in [-0.2, -0.15) is 7.20 Å². The van der Waals surface area contributed by atoms with Gasteiger partial charge in [-0.3, -0.25) is 4.79 Å². The molecule has 1 atom stereocenters. The van der Waals surface area contributed by atoms with Crippen LogP contribution < -0.4 is 4.74 Å². The van der Waals surface area contributed by atoms with Crippen LogP contribution in [0.3, 0.4) is 0 Å². The van der Waals surface area contributed by atoms with Gasteiger partial charge < -0.3 is 9.47 Å². The Hall–Kier alpha value is -0.270. The predicted octanol–water partition coefficient (Wildman–Crippen LogP) is 5.65. The molecule has 3 nitrogen and oxygen atoms in total. The van der Waals surface area contributed by atoms with Crippen LogP contribution >= 0.6 is 28.4 Å². The fourth-order valence-electron chi connectivity index (χ4n) is 3.25. The van der Waals surface area contributed by atoms with Gasteiger partial charge in [0, 0.05) is 17.1 Å². The summed E-state index contributed by atoms with van der Waals surface area (Å²) in [7, 11) is -1.05. The van der Waals surface area contributed by atoms with Crippen LogP contribution in [-0.2, 0) is 4.74 Å². The molecule has 0 saturated carbocycles. The second-order valence-corrected chi connectivity index (χ2v) is 15.9. The van der Waals surface area contributed by atoms with Crippen LogP contribution in [0.4, 0.5) is 0 Å². The van der Waals surface area contributed by atoms with Crippen molar-refractivity contribution >= 4 is 34.2 Å². The highest BCUT2D eigenvalue weighted by molar-refractivity contribution is 14.2. The maximum absolute atomic E-state index is 13.4. The third kappa shape index (κ3) is 5.60. The van der Waals surface area contributed by atoms with Crippen molar-refractivity contribution in [2.45, 2.75) is 45.8 Å². The largest absolute Gasteiger partial charge is 0.494 e. The molecule has 142 valence electrons. The van der Waals surface area contributed by atoms with Crippen LogP contribution in [-0.4, -0.2) is 42.4 Å². The Balaban J connectivity index is 2.19. The number of rotatable bonds is 7. The van der Waals surface area contributed by atoms with Crippen molar-refractivity contribution in [3.8, 4) is 5.75 Å². The van der Waals surface area contributed by atoms with Crippen molar-refractivity contribution in [3.63, 3.8) is 0 Å². The highest BCUT2D eigenvalue weighted by Crippen LogP contribution is 2.65. The van der Waals surface area contributed by atoms with E-state index in [0.29, 0.717) is 0 Å². The van der Waals surface area contributed by atoms with Crippen LogP contribution in [0.15, 0.2) is 24.3 Å². The van der Waals surface area contributed by atoms with Crippen molar-refractivity contribution in [3.05, 3.63) is 29.8 Å². The number of carbonyl (C=O) groups excluding carboxylic acids is 1. The van der Waals surface area contributed by atoms with Crippen LogP contribution in [0, 0.1) is 5.41 Å². The van der Waals surface area contributed by atoms with E-state index in [1.807, 2.05) is 24.3 Å². The number of carbonyl (C=O) groups is 1. The molecule has 2 rings (SSSR count). The van der Waals surface area contributed by atoms with Gasteiger partial charge in [0.2, 0.25) is 0 Å². The van der Waals surface area contributed by atoms with Crippen LogP contribution in [0.1, 0.15) is 50.9 Å². The SMILES string of the molecule is CCCCOc1ccc(C(=O)C(C(C)(C)C)S2(I)CCOCC2)cc1. The third-order valence-corrected chi connectivity index (χ3v) is 12.1. The van der Waals surface area contributed by atoms with Gasteiger partial charge in [0.1, 0.15) is 5.75 Å². The number of hydrogen-bond acceptors (Lipinski definition) is 3. The lowest BCUT2D eigenvalue weighted by Gasteiger charge is -2.48. The maximum atomic E-state index is 13.4. The molecular formula is C20H31IO3S. The van der Waals surface area contributed by atoms with E-state index < -0.39 is 7.20 Å². The highest BCUT2D eigenvalue weighted by Gasteiger charge is 2.44. The van der Waals surface area contributed by atoms with Gasteiger partial charge in [0.15, 0.2) is 5.78 Å². The summed E-state index contributed by atoms with van der Waals surface area (Å²) in [4.78, 5) is 13.4. The summed E-state index contributed by atoms with van der Waals surface area (Å²) in [6.07, 6.45) is 2.17. The van der Waals surface area contributed by atoms with Gasteiger partial charge in [-0.25, -0.2) is 0 Å². The first kappa shape index (κ1) is 21.0. The monoisotopic (exact) mass is 478 g/mol. The van der Waals surface area contributed by atoms with E-state index in [4.69, 9.17) is 9.47 Å². The quantitative estimate of drug-likeness (QED) is 0.289. The number of hydrogen-bond donors (Lipinski definition) is 0. The fourth-order valence-corrected chi connectivity index (χ4v) is 10.6. The summed E-state index contributed by atoms with van der Waals surface area (Å²) in [5.41, 5.74) is 0.749. The lowest BCUT2D eigenvalue weighted by Crippen LogP contribution is -2.42. The van der Waals surface area contributed by atoms with E-state index in [9.17, 15) is 4.79 Å². The molecular weight excluding hydrogens is 447 g/mol. The van der Waals surface area contributed by atoms with Gasteiger partial charge >= 0.3 is 0 Å². The standard InChI is InChI=1S/C20H31IO3S/c1-5-6-11-24-17-9-7-16(8-10-17)18(22)19(20(2,3)4)25(21)14-12-23-13-15-25/h7-10,19H,5-6,11-15H2,1-4H3. The molecule has 0 radical (unpaired) electrons. The Morgan fingerprint density at radius 2 is 1.84 bits per heavy atom. The van der Waals surface area contributed by atoms with Crippen molar-refractivity contribution in [1.82, 2.24) is 0 Å². The molecule has 1 aromatic carbocycles. The molecule has 0 amide bonds. The van der Waals surface area contributed by atoms with E-state index in [1.54, 1.807) is 0 Å².